The number of hydrogen-bond acceptors (Lipinski definition) is 3. The third-order valence-electron chi connectivity index (χ3n) is 5.87. The predicted molar refractivity (Wildman–Crippen MR) is 131 cm³/mol. The third-order valence-corrected chi connectivity index (χ3v) is 5.87. The summed E-state index contributed by atoms with van der Waals surface area (Å²) in [6.07, 6.45) is 10.8. The number of nitrogens with one attached hydrogen (secondary N) is 2. The van der Waals surface area contributed by atoms with E-state index < -0.39 is 0 Å². The number of benzene rings is 1. The van der Waals surface area contributed by atoms with Crippen molar-refractivity contribution in [1.29, 1.82) is 0 Å². The van der Waals surface area contributed by atoms with Gasteiger partial charge in [0, 0.05) is 23.7 Å². The first-order chi connectivity index (χ1) is 15.6. The predicted octanol–water partition coefficient (Wildman–Crippen LogP) is 6.51. The first kappa shape index (κ1) is 21.8. The van der Waals surface area contributed by atoms with E-state index in [0.29, 0.717) is 0 Å². The highest BCUT2D eigenvalue weighted by atomic mass is 16.5. The molecule has 0 radical (unpaired) electrons. The molecule has 4 rings (SSSR count). The lowest BCUT2D eigenvalue weighted by atomic mass is 10.0. The van der Waals surface area contributed by atoms with E-state index in [1.807, 2.05) is 48.7 Å². The van der Waals surface area contributed by atoms with Crippen molar-refractivity contribution in [1.82, 2.24) is 9.97 Å². The average molecular weight is 430 g/mol. The highest BCUT2D eigenvalue weighted by molar-refractivity contribution is 6.11. The number of aromatic nitrogens is 2. The Hall–Kier alpha value is -3.47. The Labute approximate surface area is 189 Å². The molecule has 32 heavy (non-hydrogen) atoms. The topological polar surface area (TPSA) is 62.4 Å². The Kier molecular flexibility index (Phi) is 6.64. The Morgan fingerprint density at radius 3 is 2.50 bits per heavy atom. The van der Waals surface area contributed by atoms with Crippen LogP contribution in [0, 0.1) is 13.8 Å². The molecule has 0 saturated carbocycles. The van der Waals surface area contributed by atoms with Crippen molar-refractivity contribution in [3.05, 3.63) is 88.3 Å². The first-order valence-corrected chi connectivity index (χ1v) is 11.2. The summed E-state index contributed by atoms with van der Waals surface area (Å²) >= 11 is 0. The molecule has 0 fully saturated rings. The van der Waals surface area contributed by atoms with Gasteiger partial charge in [0.25, 0.3) is 0 Å². The van der Waals surface area contributed by atoms with Crippen LogP contribution < -0.4 is 9.47 Å². The van der Waals surface area contributed by atoms with Crippen molar-refractivity contribution >= 4 is 11.8 Å². The molecule has 1 aliphatic heterocycles. The van der Waals surface area contributed by atoms with E-state index in [-0.39, 0.29) is 0 Å². The summed E-state index contributed by atoms with van der Waals surface area (Å²) in [7, 11) is 1.66. The van der Waals surface area contributed by atoms with E-state index in [1.54, 1.807) is 7.11 Å². The van der Waals surface area contributed by atoms with Crippen LogP contribution in [0.3, 0.4) is 0 Å². The second-order valence-corrected chi connectivity index (χ2v) is 8.12. The van der Waals surface area contributed by atoms with Crippen LogP contribution in [0.4, 0.5) is 0 Å². The minimum absolute atomic E-state index is 0.721. The second-order valence-electron chi connectivity index (χ2n) is 8.12. The van der Waals surface area contributed by atoms with E-state index in [2.05, 4.69) is 36.8 Å². The maximum absolute atomic E-state index is 6.24. The summed E-state index contributed by atoms with van der Waals surface area (Å²) in [5, 5.41) is 0. The number of methoxy groups -OCH3 is 1. The molecule has 0 unspecified atom stereocenters. The summed E-state index contributed by atoms with van der Waals surface area (Å²) in [6.45, 7) is 6.59. The average Bonchev–Trinajstić information content (AvgIpc) is 3.52. The van der Waals surface area contributed by atoms with E-state index in [9.17, 15) is 0 Å². The summed E-state index contributed by atoms with van der Waals surface area (Å²) < 4.78 is 11.5. The van der Waals surface area contributed by atoms with Gasteiger partial charge in [-0.3, -0.25) is 0 Å². The van der Waals surface area contributed by atoms with Crippen LogP contribution in [0.1, 0.15) is 54.4 Å². The molecule has 5 heteroatoms. The van der Waals surface area contributed by atoms with Crippen molar-refractivity contribution in [3.63, 3.8) is 0 Å². The van der Waals surface area contributed by atoms with Crippen LogP contribution in [0.25, 0.3) is 6.08 Å². The smallest absolute Gasteiger partial charge is 0.155 e. The van der Waals surface area contributed by atoms with Gasteiger partial charge in [-0.15, -0.1) is 0 Å². The Morgan fingerprint density at radius 1 is 1.03 bits per heavy atom. The molecule has 0 spiro atoms. The molecule has 0 amide bonds. The number of aliphatic imine (C=N–C) groups is 1. The van der Waals surface area contributed by atoms with E-state index in [1.165, 1.54) is 36.1 Å². The molecule has 2 N–H and O–H groups in total. The number of aromatic amines is 2. The van der Waals surface area contributed by atoms with Gasteiger partial charge in [-0.25, -0.2) is 4.99 Å². The van der Waals surface area contributed by atoms with Gasteiger partial charge in [-0.05, 0) is 80.3 Å². The fraction of sp³-hybridized carbons (Fsp3) is 0.296. The van der Waals surface area contributed by atoms with Crippen LogP contribution in [0.15, 0.2) is 65.1 Å². The molecule has 0 aliphatic carbocycles. The van der Waals surface area contributed by atoms with E-state index >= 15 is 0 Å². The maximum atomic E-state index is 6.24. The minimum atomic E-state index is 0.721. The number of ether oxygens (including phenoxy) is 2. The molecule has 1 aromatic carbocycles. The number of hydrogen-bond donors (Lipinski definition) is 2. The molecular formula is C27H31N3O2. The third kappa shape index (κ3) is 4.72. The molecule has 3 heterocycles. The second kappa shape index (κ2) is 9.77. The first-order valence-electron chi connectivity index (χ1n) is 11.2. The molecule has 2 aromatic heterocycles. The molecule has 166 valence electrons. The standard InChI is InChI=1S/C27H31N3O2/c1-5-6-7-9-22-18(2)24(29-19(22)3)16-26-27(17-25(30-26)23-10-8-15-28-23)32-21-13-11-20(31-4)12-14-21/h8,10-17,28-29H,5-7,9H2,1-4H3/b26-16-. The van der Waals surface area contributed by atoms with Crippen molar-refractivity contribution in [2.24, 2.45) is 4.99 Å². The summed E-state index contributed by atoms with van der Waals surface area (Å²) in [5.74, 6) is 2.26. The molecule has 5 nitrogen and oxygen atoms in total. The van der Waals surface area contributed by atoms with Crippen LogP contribution in [-0.4, -0.2) is 22.8 Å². The highest BCUT2D eigenvalue weighted by Gasteiger charge is 2.20. The van der Waals surface area contributed by atoms with Crippen LogP contribution >= 0.6 is 0 Å². The van der Waals surface area contributed by atoms with Gasteiger partial charge in [0.2, 0.25) is 0 Å². The zero-order valence-corrected chi connectivity index (χ0v) is 19.3. The van der Waals surface area contributed by atoms with Crippen LogP contribution in [0.2, 0.25) is 0 Å². The van der Waals surface area contributed by atoms with E-state index in [4.69, 9.17) is 14.5 Å². The number of nitrogens with zero attached hydrogens (tertiary/aromatic N) is 1. The number of rotatable bonds is 9. The Bertz CT molecular complexity index is 1150. The molecule has 0 atom stereocenters. The lowest BCUT2D eigenvalue weighted by Crippen LogP contribution is -1.97. The monoisotopic (exact) mass is 429 g/mol. The zero-order valence-electron chi connectivity index (χ0n) is 19.3. The lowest BCUT2D eigenvalue weighted by molar-refractivity contribution is 0.410. The van der Waals surface area contributed by atoms with Gasteiger partial charge in [0.05, 0.1) is 18.5 Å². The fourth-order valence-corrected chi connectivity index (χ4v) is 4.02. The fourth-order valence-electron chi connectivity index (χ4n) is 4.02. The van der Waals surface area contributed by atoms with Gasteiger partial charge in [0.15, 0.2) is 5.76 Å². The summed E-state index contributed by atoms with van der Waals surface area (Å²) in [6, 6.07) is 11.6. The minimum Gasteiger partial charge on any atom is -0.497 e. The highest BCUT2D eigenvalue weighted by Crippen LogP contribution is 2.30. The lowest BCUT2D eigenvalue weighted by Gasteiger charge is -2.08. The molecule has 3 aromatic rings. The summed E-state index contributed by atoms with van der Waals surface area (Å²) in [4.78, 5) is 11.7. The molecule has 1 aliphatic rings. The Morgan fingerprint density at radius 2 is 1.81 bits per heavy atom. The largest absolute Gasteiger partial charge is 0.497 e. The van der Waals surface area contributed by atoms with Crippen LogP contribution in [0.5, 0.6) is 11.5 Å². The van der Waals surface area contributed by atoms with Crippen molar-refractivity contribution in [2.45, 2.75) is 46.5 Å². The molecular weight excluding hydrogens is 398 g/mol. The van der Waals surface area contributed by atoms with E-state index in [0.717, 1.165) is 46.5 Å². The van der Waals surface area contributed by atoms with Gasteiger partial charge < -0.3 is 19.4 Å². The number of H-pyrrole nitrogens is 2. The van der Waals surface area contributed by atoms with Crippen LogP contribution in [-0.2, 0) is 6.42 Å². The van der Waals surface area contributed by atoms with Gasteiger partial charge >= 0.3 is 0 Å². The normalized spacial score (nSPS) is 14.6. The summed E-state index contributed by atoms with van der Waals surface area (Å²) in [5.41, 5.74) is 7.65. The quantitative estimate of drug-likeness (QED) is 0.381. The molecule has 0 saturated heterocycles. The van der Waals surface area contributed by atoms with Crippen molar-refractivity contribution in [2.75, 3.05) is 7.11 Å². The SMILES string of the molecule is CCCCCc1c(C)[nH]c(/C=C2\N=C(c3ccc[nH]3)C=C2Oc2ccc(OC)cc2)c1C. The number of aryl methyl sites for hydroxylation is 1. The van der Waals surface area contributed by atoms with Crippen molar-refractivity contribution in [3.8, 4) is 11.5 Å². The number of allylic oxidation sites excluding steroid dienone is 1. The van der Waals surface area contributed by atoms with Gasteiger partial charge in [-0.1, -0.05) is 19.8 Å². The van der Waals surface area contributed by atoms with Crippen molar-refractivity contribution < 1.29 is 9.47 Å². The zero-order chi connectivity index (χ0) is 22.5. The molecule has 0 bridgehead atoms. The van der Waals surface area contributed by atoms with Gasteiger partial charge in [0.1, 0.15) is 17.2 Å². The Balaban J connectivity index is 1.65. The van der Waals surface area contributed by atoms with Gasteiger partial charge in [-0.2, -0.15) is 0 Å². The maximum Gasteiger partial charge on any atom is 0.155 e. The number of unbranched alkanes of at least 4 members (excludes halogenated alkanes) is 2.